The maximum Gasteiger partial charge on any atom is 0.335 e. The number of aromatic nitrogens is 1. The van der Waals surface area contributed by atoms with E-state index in [1.807, 2.05) is 25.3 Å². The van der Waals surface area contributed by atoms with Crippen LogP contribution in [-0.2, 0) is 0 Å². The lowest BCUT2D eigenvalue weighted by Crippen LogP contribution is -2.13. The van der Waals surface area contributed by atoms with Crippen molar-refractivity contribution in [3.8, 4) is 5.69 Å². The Kier molecular flexibility index (Phi) is 3.25. The van der Waals surface area contributed by atoms with Gasteiger partial charge < -0.3 is 9.67 Å². The molecule has 4 nitrogen and oxygen atoms in total. The normalized spacial score (nSPS) is 10.5. The van der Waals surface area contributed by atoms with E-state index in [0.717, 1.165) is 22.6 Å². The minimum absolute atomic E-state index is 0.0432. The molecule has 0 amide bonds. The zero-order valence-corrected chi connectivity index (χ0v) is 11.1. The van der Waals surface area contributed by atoms with Gasteiger partial charge in [0.05, 0.1) is 5.56 Å². The molecule has 0 saturated carbocycles. The predicted octanol–water partition coefficient (Wildman–Crippen LogP) is 2.46. The number of carboxylic acids is 1. The van der Waals surface area contributed by atoms with E-state index in [9.17, 15) is 9.59 Å². The molecule has 1 N–H and O–H groups in total. The maximum atomic E-state index is 11.4. The first-order chi connectivity index (χ1) is 8.90. The summed E-state index contributed by atoms with van der Waals surface area (Å²) in [6, 6.07) is 8.06. The van der Waals surface area contributed by atoms with E-state index < -0.39 is 5.97 Å². The highest BCUT2D eigenvalue weighted by atomic mass is 16.4. The molecule has 0 spiro atoms. The highest BCUT2D eigenvalue weighted by Gasteiger charge is 2.10. The van der Waals surface area contributed by atoms with Crippen LogP contribution in [0.5, 0.6) is 0 Å². The van der Waals surface area contributed by atoms with Crippen LogP contribution in [0.15, 0.2) is 35.1 Å². The van der Waals surface area contributed by atoms with Crippen LogP contribution in [0.25, 0.3) is 5.69 Å². The number of rotatable bonds is 2. The summed E-state index contributed by atoms with van der Waals surface area (Å²) in [7, 11) is 0. The number of nitrogens with zero attached hydrogens (tertiary/aromatic N) is 1. The standard InChI is InChI=1S/C15H15NO3/c1-9-4-5-12(15(18)19)8-14(9)16-10(2)6-13(17)7-11(16)3/h4-8H,1-3H3,(H,18,19). The van der Waals surface area contributed by atoms with E-state index in [0.29, 0.717) is 0 Å². The Bertz CT molecular complexity index is 688. The topological polar surface area (TPSA) is 59.3 Å². The molecule has 0 aliphatic rings. The molecule has 0 atom stereocenters. The molecule has 0 unspecified atom stereocenters. The molecule has 0 fully saturated rings. The first kappa shape index (κ1) is 13.1. The van der Waals surface area contributed by atoms with Gasteiger partial charge in [-0.3, -0.25) is 4.79 Å². The molecule has 0 bridgehead atoms. The van der Waals surface area contributed by atoms with Crippen molar-refractivity contribution in [2.24, 2.45) is 0 Å². The van der Waals surface area contributed by atoms with Gasteiger partial charge in [-0.05, 0) is 38.5 Å². The Morgan fingerprint density at radius 3 is 2.16 bits per heavy atom. The predicted molar refractivity (Wildman–Crippen MR) is 73.2 cm³/mol. The van der Waals surface area contributed by atoms with E-state index in [1.54, 1.807) is 30.3 Å². The van der Waals surface area contributed by atoms with Gasteiger partial charge in [0.15, 0.2) is 5.43 Å². The van der Waals surface area contributed by atoms with Crippen LogP contribution < -0.4 is 5.43 Å². The molecule has 1 heterocycles. The summed E-state index contributed by atoms with van der Waals surface area (Å²) in [5.74, 6) is -0.961. The summed E-state index contributed by atoms with van der Waals surface area (Å²) in [6.07, 6.45) is 0. The Hall–Kier alpha value is -2.36. The number of hydrogen-bond donors (Lipinski definition) is 1. The number of aryl methyl sites for hydroxylation is 3. The quantitative estimate of drug-likeness (QED) is 0.899. The summed E-state index contributed by atoms with van der Waals surface area (Å²) in [5.41, 5.74) is 3.51. The Labute approximate surface area is 110 Å². The Morgan fingerprint density at radius 2 is 1.63 bits per heavy atom. The minimum Gasteiger partial charge on any atom is -0.478 e. The summed E-state index contributed by atoms with van der Waals surface area (Å²) < 4.78 is 1.89. The third-order valence-corrected chi connectivity index (χ3v) is 3.10. The lowest BCUT2D eigenvalue weighted by Gasteiger charge is -2.17. The lowest BCUT2D eigenvalue weighted by atomic mass is 10.1. The van der Waals surface area contributed by atoms with Crippen LogP contribution in [-0.4, -0.2) is 15.6 Å². The monoisotopic (exact) mass is 257 g/mol. The maximum absolute atomic E-state index is 11.4. The lowest BCUT2D eigenvalue weighted by molar-refractivity contribution is 0.0697. The van der Waals surface area contributed by atoms with E-state index in [2.05, 4.69) is 0 Å². The van der Waals surface area contributed by atoms with Crippen molar-refractivity contribution in [1.29, 1.82) is 0 Å². The molecule has 2 aromatic rings. The van der Waals surface area contributed by atoms with E-state index in [1.165, 1.54) is 0 Å². The van der Waals surface area contributed by atoms with Crippen molar-refractivity contribution in [2.45, 2.75) is 20.8 Å². The third kappa shape index (κ3) is 2.42. The van der Waals surface area contributed by atoms with Crippen LogP contribution in [0.2, 0.25) is 0 Å². The van der Waals surface area contributed by atoms with E-state index >= 15 is 0 Å². The largest absolute Gasteiger partial charge is 0.478 e. The molecule has 1 aromatic heterocycles. The van der Waals surface area contributed by atoms with Gasteiger partial charge in [-0.25, -0.2) is 4.79 Å². The van der Waals surface area contributed by atoms with Crippen molar-refractivity contribution >= 4 is 5.97 Å². The fourth-order valence-corrected chi connectivity index (χ4v) is 2.22. The average molecular weight is 257 g/mol. The molecule has 0 aliphatic carbocycles. The summed E-state index contributed by atoms with van der Waals surface area (Å²) in [4.78, 5) is 22.5. The van der Waals surface area contributed by atoms with Crippen molar-refractivity contribution in [1.82, 2.24) is 4.57 Å². The second kappa shape index (κ2) is 4.72. The first-order valence-corrected chi connectivity index (χ1v) is 5.95. The highest BCUT2D eigenvalue weighted by molar-refractivity contribution is 5.88. The Balaban J connectivity index is 2.75. The first-order valence-electron chi connectivity index (χ1n) is 5.95. The molecular formula is C15H15NO3. The van der Waals surface area contributed by atoms with E-state index in [4.69, 9.17) is 5.11 Å². The molecule has 0 radical (unpaired) electrons. The van der Waals surface area contributed by atoms with Gasteiger partial charge in [-0.15, -0.1) is 0 Å². The number of aromatic carboxylic acids is 1. The average Bonchev–Trinajstić information content (AvgIpc) is 2.29. The molecule has 2 rings (SSSR count). The number of carbonyl (C=O) groups is 1. The van der Waals surface area contributed by atoms with Gasteiger partial charge >= 0.3 is 5.97 Å². The van der Waals surface area contributed by atoms with Crippen LogP contribution in [0.3, 0.4) is 0 Å². The number of benzene rings is 1. The fraction of sp³-hybridized carbons (Fsp3) is 0.200. The van der Waals surface area contributed by atoms with Gasteiger partial charge in [0.1, 0.15) is 0 Å². The molecular weight excluding hydrogens is 242 g/mol. The van der Waals surface area contributed by atoms with Gasteiger partial charge in [0.2, 0.25) is 0 Å². The van der Waals surface area contributed by atoms with Crippen LogP contribution in [0.1, 0.15) is 27.3 Å². The van der Waals surface area contributed by atoms with Crippen LogP contribution in [0.4, 0.5) is 0 Å². The zero-order valence-electron chi connectivity index (χ0n) is 11.1. The van der Waals surface area contributed by atoms with E-state index in [-0.39, 0.29) is 11.0 Å². The van der Waals surface area contributed by atoms with Gasteiger partial charge in [-0.1, -0.05) is 6.07 Å². The van der Waals surface area contributed by atoms with Gasteiger partial charge in [0, 0.05) is 29.2 Å². The fourth-order valence-electron chi connectivity index (χ4n) is 2.22. The number of pyridine rings is 1. The zero-order chi connectivity index (χ0) is 14.2. The van der Waals surface area contributed by atoms with Crippen molar-refractivity contribution in [2.75, 3.05) is 0 Å². The molecule has 0 saturated heterocycles. The highest BCUT2D eigenvalue weighted by Crippen LogP contribution is 2.19. The Morgan fingerprint density at radius 1 is 1.05 bits per heavy atom. The summed E-state index contributed by atoms with van der Waals surface area (Å²) in [6.45, 7) is 5.58. The summed E-state index contributed by atoms with van der Waals surface area (Å²) >= 11 is 0. The SMILES string of the molecule is Cc1ccc(C(=O)O)cc1-n1c(C)cc(=O)cc1C. The minimum atomic E-state index is -0.961. The van der Waals surface area contributed by atoms with Gasteiger partial charge in [0.25, 0.3) is 0 Å². The molecule has 4 heteroatoms. The van der Waals surface area contributed by atoms with Crippen molar-refractivity contribution in [3.05, 3.63) is 63.1 Å². The molecule has 1 aromatic carbocycles. The second-order valence-corrected chi connectivity index (χ2v) is 4.62. The van der Waals surface area contributed by atoms with Crippen LogP contribution >= 0.6 is 0 Å². The second-order valence-electron chi connectivity index (χ2n) is 4.62. The molecule has 98 valence electrons. The smallest absolute Gasteiger partial charge is 0.335 e. The molecule has 19 heavy (non-hydrogen) atoms. The van der Waals surface area contributed by atoms with Crippen LogP contribution in [0, 0.1) is 20.8 Å². The summed E-state index contributed by atoms with van der Waals surface area (Å²) in [5, 5.41) is 9.07. The number of carboxylic acid groups (broad SMARTS) is 1. The third-order valence-electron chi connectivity index (χ3n) is 3.10. The van der Waals surface area contributed by atoms with Crippen molar-refractivity contribution in [3.63, 3.8) is 0 Å². The van der Waals surface area contributed by atoms with Gasteiger partial charge in [-0.2, -0.15) is 0 Å². The molecule has 0 aliphatic heterocycles. The number of hydrogen-bond acceptors (Lipinski definition) is 2. The van der Waals surface area contributed by atoms with Crippen molar-refractivity contribution < 1.29 is 9.90 Å².